The Bertz CT molecular complexity index is 998. The third-order valence-electron chi connectivity index (χ3n) is 5.27. The molecule has 1 aliphatic rings. The molecule has 1 heterocycles. The average molecular weight is 446 g/mol. The molecule has 0 aromatic heterocycles. The Morgan fingerprint density at radius 2 is 1.74 bits per heavy atom. The minimum absolute atomic E-state index is 0.0205. The number of anilines is 1. The molecule has 1 aliphatic heterocycles. The first-order valence-corrected chi connectivity index (χ1v) is 12.1. The van der Waals surface area contributed by atoms with Gasteiger partial charge in [-0.25, -0.2) is 13.1 Å². The van der Waals surface area contributed by atoms with E-state index in [2.05, 4.69) is 14.9 Å². The molecule has 0 unspecified atom stereocenters. The number of carbonyl (C=O) groups is 1. The van der Waals surface area contributed by atoms with Crippen molar-refractivity contribution in [3.05, 3.63) is 53.6 Å². The Morgan fingerprint density at radius 1 is 1.06 bits per heavy atom. The summed E-state index contributed by atoms with van der Waals surface area (Å²) in [4.78, 5) is 14.8. The SMILES string of the molecule is COc1ccc(S(=O)(=O)NCc2ccc(N3CCCCC3)cc2)cc1C(=O)NC(C)C. The van der Waals surface area contributed by atoms with Gasteiger partial charge in [0.25, 0.3) is 5.91 Å². The van der Waals surface area contributed by atoms with Crippen molar-refractivity contribution in [3.8, 4) is 5.75 Å². The number of rotatable bonds is 8. The number of ether oxygens (including phenoxy) is 1. The van der Waals surface area contributed by atoms with E-state index in [1.165, 1.54) is 50.3 Å². The summed E-state index contributed by atoms with van der Waals surface area (Å²) in [5, 5.41) is 2.76. The van der Waals surface area contributed by atoms with E-state index in [0.29, 0.717) is 5.75 Å². The highest BCUT2D eigenvalue weighted by atomic mass is 32.2. The lowest BCUT2D eigenvalue weighted by Gasteiger charge is -2.28. The molecule has 7 nitrogen and oxygen atoms in total. The molecule has 0 radical (unpaired) electrons. The van der Waals surface area contributed by atoms with Crippen molar-refractivity contribution in [3.63, 3.8) is 0 Å². The smallest absolute Gasteiger partial charge is 0.255 e. The Kier molecular flexibility index (Phi) is 7.56. The molecule has 2 aromatic carbocycles. The number of benzene rings is 2. The number of hydrogen-bond donors (Lipinski definition) is 2. The normalized spacial score (nSPS) is 14.5. The third kappa shape index (κ3) is 5.98. The Hall–Kier alpha value is -2.58. The zero-order valence-electron chi connectivity index (χ0n) is 18.3. The van der Waals surface area contributed by atoms with Gasteiger partial charge in [0.2, 0.25) is 10.0 Å². The van der Waals surface area contributed by atoms with Crippen molar-refractivity contribution in [2.75, 3.05) is 25.1 Å². The predicted molar refractivity (Wildman–Crippen MR) is 122 cm³/mol. The summed E-state index contributed by atoms with van der Waals surface area (Å²) in [6.45, 7) is 5.97. The Morgan fingerprint density at radius 3 is 2.35 bits per heavy atom. The van der Waals surface area contributed by atoms with Crippen LogP contribution in [0.3, 0.4) is 0 Å². The van der Waals surface area contributed by atoms with Crippen LogP contribution in [0.2, 0.25) is 0 Å². The lowest BCUT2D eigenvalue weighted by atomic mass is 10.1. The van der Waals surface area contributed by atoms with E-state index in [9.17, 15) is 13.2 Å². The van der Waals surface area contributed by atoms with Gasteiger partial charge in [-0.3, -0.25) is 4.79 Å². The molecule has 2 N–H and O–H groups in total. The molecular formula is C23H31N3O4S. The summed E-state index contributed by atoms with van der Waals surface area (Å²) in [5.74, 6) is -0.0531. The quantitative estimate of drug-likeness (QED) is 0.651. The van der Waals surface area contributed by atoms with E-state index in [1.807, 2.05) is 38.1 Å². The highest BCUT2D eigenvalue weighted by Crippen LogP contribution is 2.23. The second kappa shape index (κ2) is 10.2. The zero-order chi connectivity index (χ0) is 22.4. The van der Waals surface area contributed by atoms with E-state index in [0.717, 1.165) is 18.7 Å². The van der Waals surface area contributed by atoms with Gasteiger partial charge in [0.1, 0.15) is 5.75 Å². The fraction of sp³-hybridized carbons (Fsp3) is 0.435. The second-order valence-electron chi connectivity index (χ2n) is 8.03. The van der Waals surface area contributed by atoms with E-state index >= 15 is 0 Å². The van der Waals surface area contributed by atoms with Gasteiger partial charge in [0.15, 0.2) is 0 Å². The Labute approximate surface area is 184 Å². The molecule has 8 heteroatoms. The molecule has 0 aliphatic carbocycles. The number of hydrogen-bond acceptors (Lipinski definition) is 5. The lowest BCUT2D eigenvalue weighted by Crippen LogP contribution is -2.31. The summed E-state index contributed by atoms with van der Waals surface area (Å²) in [6.07, 6.45) is 3.70. The fourth-order valence-corrected chi connectivity index (χ4v) is 4.65. The highest BCUT2D eigenvalue weighted by Gasteiger charge is 2.20. The molecule has 0 atom stereocenters. The summed E-state index contributed by atoms with van der Waals surface area (Å²) >= 11 is 0. The van der Waals surface area contributed by atoms with Crippen LogP contribution < -0.4 is 19.7 Å². The molecule has 168 valence electrons. The van der Waals surface area contributed by atoms with Gasteiger partial charge < -0.3 is 15.0 Å². The number of amides is 1. The molecule has 2 aromatic rings. The first kappa shape index (κ1) is 23.1. The monoisotopic (exact) mass is 445 g/mol. The maximum Gasteiger partial charge on any atom is 0.255 e. The van der Waals surface area contributed by atoms with Crippen LogP contribution in [-0.2, 0) is 16.6 Å². The zero-order valence-corrected chi connectivity index (χ0v) is 19.2. The summed E-state index contributed by atoms with van der Waals surface area (Å²) < 4.78 is 33.5. The van der Waals surface area contributed by atoms with Crippen LogP contribution in [0.25, 0.3) is 0 Å². The molecule has 1 amide bonds. The molecule has 0 bridgehead atoms. The van der Waals surface area contributed by atoms with Gasteiger partial charge in [-0.2, -0.15) is 0 Å². The van der Waals surface area contributed by atoms with E-state index in [-0.39, 0.29) is 29.0 Å². The van der Waals surface area contributed by atoms with Crippen molar-refractivity contribution in [1.82, 2.24) is 10.0 Å². The fourth-order valence-electron chi connectivity index (χ4n) is 3.61. The van der Waals surface area contributed by atoms with Gasteiger partial charge >= 0.3 is 0 Å². The number of piperidine rings is 1. The van der Waals surface area contributed by atoms with Gasteiger partial charge in [0, 0.05) is 31.4 Å². The van der Waals surface area contributed by atoms with Crippen molar-refractivity contribution >= 4 is 21.6 Å². The molecular weight excluding hydrogens is 414 g/mol. The van der Waals surface area contributed by atoms with Crippen LogP contribution in [0.1, 0.15) is 49.0 Å². The van der Waals surface area contributed by atoms with E-state index < -0.39 is 10.0 Å². The topological polar surface area (TPSA) is 87.7 Å². The van der Waals surface area contributed by atoms with E-state index in [1.54, 1.807) is 0 Å². The standard InChI is InChI=1S/C23H31N3O4S/c1-17(2)25-23(27)21-15-20(11-12-22(21)30-3)31(28,29)24-16-18-7-9-19(10-8-18)26-13-5-4-6-14-26/h7-12,15,17,24H,4-6,13-14,16H2,1-3H3,(H,25,27). The van der Waals surface area contributed by atoms with Gasteiger partial charge in [-0.1, -0.05) is 12.1 Å². The minimum atomic E-state index is -3.79. The number of nitrogens with zero attached hydrogens (tertiary/aromatic N) is 1. The maximum absolute atomic E-state index is 12.8. The summed E-state index contributed by atoms with van der Waals surface area (Å²) in [6, 6.07) is 12.2. The van der Waals surface area contributed by atoms with Crippen molar-refractivity contribution in [1.29, 1.82) is 0 Å². The van der Waals surface area contributed by atoms with Gasteiger partial charge in [0.05, 0.1) is 17.6 Å². The van der Waals surface area contributed by atoms with Crippen LogP contribution >= 0.6 is 0 Å². The number of sulfonamides is 1. The minimum Gasteiger partial charge on any atom is -0.496 e. The predicted octanol–water partition coefficient (Wildman–Crippen LogP) is 3.30. The largest absolute Gasteiger partial charge is 0.496 e. The lowest BCUT2D eigenvalue weighted by molar-refractivity contribution is 0.0940. The summed E-state index contributed by atoms with van der Waals surface area (Å²) in [5.41, 5.74) is 2.22. The average Bonchev–Trinajstić information content (AvgIpc) is 2.77. The van der Waals surface area contributed by atoms with Crippen molar-refractivity contribution in [2.24, 2.45) is 0 Å². The van der Waals surface area contributed by atoms with Crippen LogP contribution in [0.4, 0.5) is 5.69 Å². The molecule has 1 saturated heterocycles. The molecule has 31 heavy (non-hydrogen) atoms. The van der Waals surface area contributed by atoms with Crippen LogP contribution in [0.5, 0.6) is 5.75 Å². The van der Waals surface area contributed by atoms with Gasteiger partial charge in [-0.15, -0.1) is 0 Å². The van der Waals surface area contributed by atoms with Crippen LogP contribution in [-0.4, -0.2) is 40.6 Å². The first-order chi connectivity index (χ1) is 14.8. The molecule has 1 fully saturated rings. The second-order valence-corrected chi connectivity index (χ2v) is 9.80. The number of carbonyl (C=O) groups excluding carboxylic acids is 1. The van der Waals surface area contributed by atoms with E-state index in [4.69, 9.17) is 4.74 Å². The summed E-state index contributed by atoms with van der Waals surface area (Å²) in [7, 11) is -2.35. The molecule has 0 spiro atoms. The molecule has 3 rings (SSSR count). The molecule has 0 saturated carbocycles. The highest BCUT2D eigenvalue weighted by molar-refractivity contribution is 7.89. The number of methoxy groups -OCH3 is 1. The van der Waals surface area contributed by atoms with Crippen LogP contribution in [0.15, 0.2) is 47.4 Å². The number of nitrogens with one attached hydrogen (secondary N) is 2. The van der Waals surface area contributed by atoms with Crippen LogP contribution in [0, 0.1) is 0 Å². The van der Waals surface area contributed by atoms with Crippen molar-refractivity contribution in [2.45, 2.75) is 50.6 Å². The maximum atomic E-state index is 12.8. The first-order valence-electron chi connectivity index (χ1n) is 10.6. The van der Waals surface area contributed by atoms with Gasteiger partial charge in [-0.05, 0) is 69.0 Å². The van der Waals surface area contributed by atoms with Crippen molar-refractivity contribution < 1.29 is 17.9 Å². The third-order valence-corrected chi connectivity index (χ3v) is 6.67. The Balaban J connectivity index is 1.71.